The molecule has 2 rings (SSSR count). The average Bonchev–Trinajstić information content (AvgIpc) is 2.56. The van der Waals surface area contributed by atoms with Gasteiger partial charge in [0, 0.05) is 24.7 Å². The van der Waals surface area contributed by atoms with Crippen LogP contribution in [0.1, 0.15) is 12.5 Å². The second-order valence-corrected chi connectivity index (χ2v) is 5.75. The van der Waals surface area contributed by atoms with Crippen LogP contribution in [0.2, 0.25) is 5.02 Å². The molecule has 0 aliphatic heterocycles. The quantitative estimate of drug-likeness (QED) is 0.589. The van der Waals surface area contributed by atoms with E-state index >= 15 is 0 Å². The number of nitrogens with zero attached hydrogens (tertiary/aromatic N) is 2. The predicted octanol–water partition coefficient (Wildman–Crippen LogP) is 3.67. The van der Waals surface area contributed by atoms with Gasteiger partial charge >= 0.3 is 5.69 Å². The first-order chi connectivity index (χ1) is 11.4. The van der Waals surface area contributed by atoms with Gasteiger partial charge in [-0.05, 0) is 24.6 Å². The van der Waals surface area contributed by atoms with Gasteiger partial charge in [0.25, 0.3) is 5.91 Å². The Morgan fingerprint density at radius 1 is 1.29 bits per heavy atom. The summed E-state index contributed by atoms with van der Waals surface area (Å²) in [4.78, 5) is 24.4. The molecular weight excluding hydrogens is 332 g/mol. The zero-order valence-corrected chi connectivity index (χ0v) is 14.1. The summed E-state index contributed by atoms with van der Waals surface area (Å²) in [5, 5.41) is 11.3. The first-order valence-electron chi connectivity index (χ1n) is 7.28. The molecule has 0 aliphatic rings. The van der Waals surface area contributed by atoms with Crippen LogP contribution < -0.4 is 4.74 Å². The van der Waals surface area contributed by atoms with Gasteiger partial charge in [0.1, 0.15) is 0 Å². The number of rotatable bonds is 6. The highest BCUT2D eigenvalue weighted by molar-refractivity contribution is 6.30. The Balaban J connectivity index is 2.07. The van der Waals surface area contributed by atoms with Gasteiger partial charge in [0.05, 0.1) is 4.92 Å². The van der Waals surface area contributed by atoms with Crippen LogP contribution in [0.3, 0.4) is 0 Å². The summed E-state index contributed by atoms with van der Waals surface area (Å²) >= 11 is 5.77. The fourth-order valence-electron chi connectivity index (χ4n) is 2.22. The average molecular weight is 349 g/mol. The van der Waals surface area contributed by atoms with Gasteiger partial charge in [-0.15, -0.1) is 0 Å². The summed E-state index contributed by atoms with van der Waals surface area (Å²) in [5.74, 6) is -0.263. The van der Waals surface area contributed by atoms with E-state index in [0.29, 0.717) is 6.54 Å². The normalized spacial score (nSPS) is 11.6. The second kappa shape index (κ2) is 7.79. The number of benzene rings is 2. The number of carbonyl (C=O) groups excluding carboxylic acids is 1. The van der Waals surface area contributed by atoms with Crippen molar-refractivity contribution >= 4 is 23.2 Å². The monoisotopic (exact) mass is 348 g/mol. The maximum Gasteiger partial charge on any atom is 0.312 e. The van der Waals surface area contributed by atoms with Crippen LogP contribution in [0, 0.1) is 10.1 Å². The van der Waals surface area contributed by atoms with Gasteiger partial charge in [-0.1, -0.05) is 41.9 Å². The Labute approximate surface area is 144 Å². The number of hydrogen-bond donors (Lipinski definition) is 0. The van der Waals surface area contributed by atoms with Crippen molar-refractivity contribution in [2.24, 2.45) is 0 Å². The Morgan fingerprint density at radius 2 is 1.96 bits per heavy atom. The van der Waals surface area contributed by atoms with Crippen LogP contribution in [0.15, 0.2) is 48.5 Å². The summed E-state index contributed by atoms with van der Waals surface area (Å²) in [6.45, 7) is 1.98. The lowest BCUT2D eigenvalue weighted by Crippen LogP contribution is -2.37. The standard InChI is InChI=1S/C17H17ClN2O4/c1-12(17(21)19(2)11-13-6-4-3-5-7-13)24-16-9-8-14(18)10-15(16)20(22)23/h3-10,12H,11H2,1-2H3/t12-/m1/s1. The van der Waals surface area contributed by atoms with E-state index in [0.717, 1.165) is 5.56 Å². The zero-order chi connectivity index (χ0) is 17.7. The highest BCUT2D eigenvalue weighted by atomic mass is 35.5. The number of ether oxygens (including phenoxy) is 1. The topological polar surface area (TPSA) is 72.7 Å². The molecule has 0 N–H and O–H groups in total. The lowest BCUT2D eigenvalue weighted by Gasteiger charge is -2.22. The molecule has 0 aromatic heterocycles. The van der Waals surface area contributed by atoms with Gasteiger partial charge in [-0.2, -0.15) is 0 Å². The number of nitro groups is 1. The highest BCUT2D eigenvalue weighted by Gasteiger charge is 2.23. The summed E-state index contributed by atoms with van der Waals surface area (Å²) in [5.41, 5.74) is 0.714. The van der Waals surface area contributed by atoms with Gasteiger partial charge in [-0.3, -0.25) is 14.9 Å². The van der Waals surface area contributed by atoms with Crippen LogP contribution in [0.25, 0.3) is 0 Å². The molecule has 0 radical (unpaired) electrons. The maximum atomic E-state index is 12.4. The van der Waals surface area contributed by atoms with E-state index in [1.54, 1.807) is 14.0 Å². The van der Waals surface area contributed by atoms with E-state index in [9.17, 15) is 14.9 Å². The van der Waals surface area contributed by atoms with Crippen LogP contribution in [0.5, 0.6) is 5.75 Å². The van der Waals surface area contributed by atoms with Gasteiger partial charge < -0.3 is 9.64 Å². The Morgan fingerprint density at radius 3 is 2.58 bits per heavy atom. The third-order valence-corrected chi connectivity index (χ3v) is 3.64. The van der Waals surface area contributed by atoms with Crippen LogP contribution >= 0.6 is 11.6 Å². The van der Waals surface area contributed by atoms with E-state index in [4.69, 9.17) is 16.3 Å². The summed E-state index contributed by atoms with van der Waals surface area (Å²) < 4.78 is 5.49. The minimum Gasteiger partial charge on any atom is -0.474 e. The van der Waals surface area contributed by atoms with Crippen LogP contribution in [-0.4, -0.2) is 28.9 Å². The molecular formula is C17H17ClN2O4. The fraction of sp³-hybridized carbons (Fsp3) is 0.235. The first kappa shape index (κ1) is 17.7. The molecule has 0 heterocycles. The van der Waals surface area contributed by atoms with E-state index < -0.39 is 11.0 Å². The van der Waals surface area contributed by atoms with E-state index in [-0.39, 0.29) is 22.4 Å². The molecule has 1 atom stereocenters. The third kappa shape index (κ3) is 4.45. The number of carbonyl (C=O) groups is 1. The molecule has 1 amide bonds. The van der Waals surface area contributed by atoms with Crippen LogP contribution in [-0.2, 0) is 11.3 Å². The van der Waals surface area contributed by atoms with Crippen LogP contribution in [0.4, 0.5) is 5.69 Å². The maximum absolute atomic E-state index is 12.4. The summed E-state index contributed by atoms with van der Waals surface area (Å²) in [6.07, 6.45) is -0.862. The molecule has 0 unspecified atom stereocenters. The van der Waals surface area contributed by atoms with E-state index in [1.165, 1.54) is 23.1 Å². The molecule has 0 bridgehead atoms. The van der Waals surface area contributed by atoms with Gasteiger partial charge in [0.2, 0.25) is 0 Å². The Bertz CT molecular complexity index is 737. The number of amides is 1. The second-order valence-electron chi connectivity index (χ2n) is 5.31. The molecule has 2 aromatic carbocycles. The lowest BCUT2D eigenvalue weighted by atomic mass is 10.2. The largest absolute Gasteiger partial charge is 0.474 e. The van der Waals surface area contributed by atoms with Gasteiger partial charge in [0.15, 0.2) is 11.9 Å². The number of halogens is 1. The fourth-order valence-corrected chi connectivity index (χ4v) is 2.39. The lowest BCUT2D eigenvalue weighted by molar-refractivity contribution is -0.386. The highest BCUT2D eigenvalue weighted by Crippen LogP contribution is 2.30. The molecule has 0 aliphatic carbocycles. The minimum absolute atomic E-state index is 0.0124. The van der Waals surface area contributed by atoms with Crippen molar-refractivity contribution < 1.29 is 14.5 Å². The molecule has 24 heavy (non-hydrogen) atoms. The van der Waals surface area contributed by atoms with Crippen molar-refractivity contribution in [1.82, 2.24) is 4.90 Å². The predicted molar refractivity (Wildman–Crippen MR) is 91.1 cm³/mol. The zero-order valence-electron chi connectivity index (χ0n) is 13.3. The van der Waals surface area contributed by atoms with Crippen molar-refractivity contribution in [2.45, 2.75) is 19.6 Å². The Hall–Kier alpha value is -2.60. The van der Waals surface area contributed by atoms with Crippen molar-refractivity contribution in [2.75, 3.05) is 7.05 Å². The molecule has 6 nitrogen and oxygen atoms in total. The molecule has 0 saturated carbocycles. The first-order valence-corrected chi connectivity index (χ1v) is 7.65. The minimum atomic E-state index is -0.862. The SMILES string of the molecule is C[C@@H](Oc1ccc(Cl)cc1[N+](=O)[O-])C(=O)N(C)Cc1ccccc1. The smallest absolute Gasteiger partial charge is 0.312 e. The number of hydrogen-bond acceptors (Lipinski definition) is 4. The van der Waals surface area contributed by atoms with Crippen molar-refractivity contribution in [3.05, 3.63) is 69.2 Å². The number of nitro benzene ring substituents is 1. The van der Waals surface area contributed by atoms with E-state index in [1.807, 2.05) is 30.3 Å². The molecule has 126 valence electrons. The number of likely N-dealkylation sites (N-methyl/N-ethyl adjacent to an activating group) is 1. The summed E-state index contributed by atoms with van der Waals surface area (Å²) in [6, 6.07) is 13.6. The molecule has 0 fully saturated rings. The van der Waals surface area contributed by atoms with Crippen molar-refractivity contribution in [3.63, 3.8) is 0 Å². The summed E-state index contributed by atoms with van der Waals surface area (Å²) in [7, 11) is 1.66. The molecule has 0 saturated heterocycles. The molecule has 0 spiro atoms. The van der Waals surface area contributed by atoms with Crippen molar-refractivity contribution in [3.8, 4) is 5.75 Å². The van der Waals surface area contributed by atoms with E-state index in [2.05, 4.69) is 0 Å². The van der Waals surface area contributed by atoms with Gasteiger partial charge in [-0.25, -0.2) is 0 Å². The Kier molecular flexibility index (Phi) is 5.76. The molecule has 7 heteroatoms. The van der Waals surface area contributed by atoms with Crippen molar-refractivity contribution in [1.29, 1.82) is 0 Å². The third-order valence-electron chi connectivity index (χ3n) is 3.41. The molecule has 2 aromatic rings.